The number of carbonyl (C=O) groups excluding carboxylic acids is 1. The van der Waals surface area contributed by atoms with Gasteiger partial charge in [-0.2, -0.15) is 18.3 Å². The SMILES string of the molecule is CCCSC(=O)OC(CC)n1c(-c2cnn(Cc3cccc(C(F)(F)F)c3)c2)nc2c1c(=O)n(CCC)c(=O)n2CC. The van der Waals surface area contributed by atoms with E-state index < -0.39 is 34.5 Å². The van der Waals surface area contributed by atoms with E-state index >= 15 is 0 Å². The molecule has 0 saturated heterocycles. The first-order valence-corrected chi connectivity index (χ1v) is 14.8. The summed E-state index contributed by atoms with van der Waals surface area (Å²) in [7, 11) is 0. The number of hydrogen-bond donors (Lipinski definition) is 0. The van der Waals surface area contributed by atoms with Gasteiger partial charge in [-0.1, -0.05) is 32.9 Å². The average molecular weight is 607 g/mol. The molecule has 10 nitrogen and oxygen atoms in total. The molecule has 0 N–H and O–H groups in total. The van der Waals surface area contributed by atoms with Crippen LogP contribution in [-0.2, 0) is 30.5 Å². The number of carbonyl (C=O) groups is 1. The number of halogens is 3. The van der Waals surface area contributed by atoms with Crippen LogP contribution in [-0.4, -0.2) is 39.5 Å². The highest BCUT2D eigenvalue weighted by Crippen LogP contribution is 2.31. The smallest absolute Gasteiger partial charge is 0.416 e. The summed E-state index contributed by atoms with van der Waals surface area (Å²) < 4.78 is 51.0. The van der Waals surface area contributed by atoms with Gasteiger partial charge in [-0.05, 0) is 49.2 Å². The summed E-state index contributed by atoms with van der Waals surface area (Å²) in [5.74, 6) is 0.807. The van der Waals surface area contributed by atoms with Crippen LogP contribution in [0.15, 0.2) is 46.2 Å². The summed E-state index contributed by atoms with van der Waals surface area (Å²) in [5.41, 5.74) is -0.705. The Labute approximate surface area is 244 Å². The van der Waals surface area contributed by atoms with Crippen molar-refractivity contribution in [1.82, 2.24) is 28.5 Å². The van der Waals surface area contributed by atoms with Gasteiger partial charge in [-0.25, -0.2) is 14.6 Å². The fraction of sp³-hybridized carbons (Fsp3) is 0.464. The lowest BCUT2D eigenvalue weighted by Gasteiger charge is -2.20. The molecule has 1 unspecified atom stereocenters. The Balaban J connectivity index is 1.88. The predicted octanol–water partition coefficient (Wildman–Crippen LogP) is 5.91. The average Bonchev–Trinajstić information content (AvgIpc) is 3.58. The number of alkyl halides is 3. The zero-order chi connectivity index (χ0) is 30.6. The summed E-state index contributed by atoms with van der Waals surface area (Å²) in [6, 6.07) is 4.98. The van der Waals surface area contributed by atoms with E-state index in [1.807, 2.05) is 13.8 Å². The second-order valence-corrected chi connectivity index (χ2v) is 10.7. The Morgan fingerprint density at radius 3 is 2.50 bits per heavy atom. The van der Waals surface area contributed by atoms with Crippen molar-refractivity contribution in [2.45, 2.75) is 79.0 Å². The molecule has 3 heterocycles. The van der Waals surface area contributed by atoms with Gasteiger partial charge in [0.2, 0.25) is 0 Å². The minimum absolute atomic E-state index is 0.0486. The number of benzene rings is 1. The largest absolute Gasteiger partial charge is 0.433 e. The third-order valence-corrected chi connectivity index (χ3v) is 7.55. The third-order valence-electron chi connectivity index (χ3n) is 6.61. The van der Waals surface area contributed by atoms with Gasteiger partial charge in [-0.3, -0.25) is 23.2 Å². The molecular weight excluding hydrogens is 573 g/mol. The van der Waals surface area contributed by atoms with Gasteiger partial charge in [0.25, 0.3) is 5.56 Å². The lowest BCUT2D eigenvalue weighted by molar-refractivity contribution is -0.137. The van der Waals surface area contributed by atoms with E-state index in [1.54, 1.807) is 26.1 Å². The highest BCUT2D eigenvalue weighted by Gasteiger charge is 2.31. The maximum Gasteiger partial charge on any atom is 0.416 e. The topological polar surface area (TPSA) is 106 Å². The molecule has 42 heavy (non-hydrogen) atoms. The second-order valence-electron chi connectivity index (χ2n) is 9.67. The molecular formula is C28H33F3N6O4S. The zero-order valence-electron chi connectivity index (χ0n) is 23.8. The second kappa shape index (κ2) is 13.0. The molecule has 4 rings (SSSR count). The standard InChI is InChI=1S/C28H33F3N6O4S/c1-5-12-36-25(38)22-24(35(8-4)26(36)39)33-23(37(22)21(7-3)41-27(40)42-13-6-2)19-15-32-34(17-19)16-18-10-9-11-20(14-18)28(29,30)31/h9-11,14-15,17,21H,5-8,12-13,16H2,1-4H3. The van der Waals surface area contributed by atoms with Crippen LogP contribution in [0.4, 0.5) is 18.0 Å². The van der Waals surface area contributed by atoms with Crippen LogP contribution < -0.4 is 11.2 Å². The van der Waals surface area contributed by atoms with E-state index in [0.717, 1.165) is 34.9 Å². The summed E-state index contributed by atoms with van der Waals surface area (Å²) in [4.78, 5) is 44.3. The number of fused-ring (bicyclic) bond motifs is 1. The predicted molar refractivity (Wildman–Crippen MR) is 155 cm³/mol. The van der Waals surface area contributed by atoms with E-state index in [2.05, 4.69) is 5.10 Å². The molecule has 4 aromatic rings. The molecule has 3 aromatic heterocycles. The maximum atomic E-state index is 13.7. The van der Waals surface area contributed by atoms with Gasteiger partial charge in [0.15, 0.2) is 17.4 Å². The van der Waals surface area contributed by atoms with Crippen LogP contribution in [0, 0.1) is 0 Å². The fourth-order valence-corrected chi connectivity index (χ4v) is 5.25. The Bertz CT molecular complexity index is 1690. The Morgan fingerprint density at radius 1 is 1.10 bits per heavy atom. The number of hydrogen-bond acceptors (Lipinski definition) is 7. The van der Waals surface area contributed by atoms with Gasteiger partial charge in [0.1, 0.15) is 5.82 Å². The molecule has 0 saturated carbocycles. The highest BCUT2D eigenvalue weighted by atomic mass is 32.2. The molecule has 0 radical (unpaired) electrons. The van der Waals surface area contributed by atoms with Crippen molar-refractivity contribution in [3.8, 4) is 11.4 Å². The Kier molecular flexibility index (Phi) is 9.64. The van der Waals surface area contributed by atoms with Crippen LogP contribution in [0.3, 0.4) is 0 Å². The van der Waals surface area contributed by atoms with E-state index in [9.17, 15) is 27.6 Å². The van der Waals surface area contributed by atoms with Crippen molar-refractivity contribution < 1.29 is 22.7 Å². The lowest BCUT2D eigenvalue weighted by Crippen LogP contribution is -2.40. The monoisotopic (exact) mass is 606 g/mol. The van der Waals surface area contributed by atoms with Crippen molar-refractivity contribution in [2.75, 3.05) is 5.75 Å². The number of thioether (sulfide) groups is 1. The minimum atomic E-state index is -4.47. The first-order valence-electron chi connectivity index (χ1n) is 13.8. The Hall–Kier alpha value is -3.81. The zero-order valence-corrected chi connectivity index (χ0v) is 24.7. The molecule has 0 aliphatic carbocycles. The van der Waals surface area contributed by atoms with Crippen LogP contribution in [0.2, 0.25) is 0 Å². The fourth-order valence-electron chi connectivity index (χ4n) is 4.70. The van der Waals surface area contributed by atoms with E-state index in [4.69, 9.17) is 9.72 Å². The molecule has 0 fully saturated rings. The van der Waals surface area contributed by atoms with Gasteiger partial charge < -0.3 is 4.74 Å². The summed E-state index contributed by atoms with van der Waals surface area (Å²) in [5, 5.41) is 3.82. The number of rotatable bonds is 11. The normalized spacial score (nSPS) is 12.6. The van der Waals surface area contributed by atoms with E-state index in [1.165, 1.54) is 26.1 Å². The molecule has 226 valence electrons. The number of imidazole rings is 1. The molecule has 1 atom stereocenters. The van der Waals surface area contributed by atoms with Crippen molar-refractivity contribution in [2.24, 2.45) is 0 Å². The van der Waals surface area contributed by atoms with Crippen LogP contribution >= 0.6 is 11.8 Å². The lowest BCUT2D eigenvalue weighted by atomic mass is 10.1. The van der Waals surface area contributed by atoms with Crippen molar-refractivity contribution in [1.29, 1.82) is 0 Å². The molecule has 0 spiro atoms. The number of ether oxygens (including phenoxy) is 1. The number of aromatic nitrogens is 6. The molecule has 0 bridgehead atoms. The summed E-state index contributed by atoms with van der Waals surface area (Å²) in [6.45, 7) is 7.86. The van der Waals surface area contributed by atoms with Gasteiger partial charge in [-0.15, -0.1) is 0 Å². The summed E-state index contributed by atoms with van der Waals surface area (Å²) in [6.07, 6.45) is -0.703. The molecule has 14 heteroatoms. The van der Waals surface area contributed by atoms with Crippen LogP contribution in [0.1, 0.15) is 64.3 Å². The Morgan fingerprint density at radius 2 is 1.86 bits per heavy atom. The first-order chi connectivity index (χ1) is 20.0. The molecule has 1 aromatic carbocycles. The van der Waals surface area contributed by atoms with Crippen LogP contribution in [0.25, 0.3) is 22.6 Å². The minimum Gasteiger partial charge on any atom is -0.433 e. The molecule has 0 aliphatic heterocycles. The number of nitrogens with zero attached hydrogens (tertiary/aromatic N) is 6. The quantitative estimate of drug-likeness (QED) is 0.196. The summed E-state index contributed by atoms with van der Waals surface area (Å²) >= 11 is 1.03. The molecule has 0 amide bonds. The van der Waals surface area contributed by atoms with Crippen molar-refractivity contribution in [3.05, 3.63) is 68.6 Å². The van der Waals surface area contributed by atoms with Gasteiger partial charge in [0, 0.05) is 31.5 Å². The maximum absolute atomic E-state index is 13.7. The van der Waals surface area contributed by atoms with Crippen molar-refractivity contribution in [3.63, 3.8) is 0 Å². The third kappa shape index (κ3) is 6.32. The van der Waals surface area contributed by atoms with E-state index in [-0.39, 0.29) is 36.6 Å². The number of aryl methyl sites for hydroxylation is 1. The van der Waals surface area contributed by atoms with Crippen LogP contribution in [0.5, 0.6) is 0 Å². The molecule has 0 aliphatic rings. The van der Waals surface area contributed by atoms with Gasteiger partial charge >= 0.3 is 17.2 Å². The first kappa shape index (κ1) is 31.1. The van der Waals surface area contributed by atoms with E-state index in [0.29, 0.717) is 29.7 Å². The highest BCUT2D eigenvalue weighted by molar-refractivity contribution is 8.13. The van der Waals surface area contributed by atoms with Crippen molar-refractivity contribution >= 4 is 28.2 Å². The van der Waals surface area contributed by atoms with Gasteiger partial charge in [0.05, 0.1) is 23.9 Å².